The minimum atomic E-state index is -0.831. The molecule has 104 valence electrons. The largest absolute Gasteiger partial charge is 0.481 e. The van der Waals surface area contributed by atoms with Crippen LogP contribution in [0.2, 0.25) is 0 Å². The first kappa shape index (κ1) is 12.9. The molecule has 2 heterocycles. The highest BCUT2D eigenvalue weighted by Gasteiger charge is 2.35. The fourth-order valence-electron chi connectivity index (χ4n) is 2.40. The predicted octanol–water partition coefficient (Wildman–Crippen LogP) is 2.03. The van der Waals surface area contributed by atoms with Crippen LogP contribution in [-0.4, -0.2) is 37.7 Å². The van der Waals surface area contributed by atoms with Crippen LogP contribution in [0.5, 0.6) is 0 Å². The molecule has 7 heteroatoms. The van der Waals surface area contributed by atoms with E-state index < -0.39 is 5.97 Å². The third-order valence-electron chi connectivity index (χ3n) is 3.45. The Morgan fingerprint density at radius 3 is 2.79 bits per heavy atom. The Labute approximate surface area is 115 Å². The summed E-state index contributed by atoms with van der Waals surface area (Å²) in [7, 11) is 0. The van der Waals surface area contributed by atoms with Gasteiger partial charge in [0.25, 0.3) is 0 Å². The maximum absolute atomic E-state index is 10.7. The van der Waals surface area contributed by atoms with Crippen molar-refractivity contribution in [3.05, 3.63) is 5.82 Å². The van der Waals surface area contributed by atoms with Crippen molar-refractivity contribution >= 4 is 17.7 Å². The van der Waals surface area contributed by atoms with Crippen molar-refractivity contribution in [1.29, 1.82) is 0 Å². The molecule has 0 radical (unpaired) electrons. The minimum absolute atomic E-state index is 0.0160. The molecule has 2 aliphatic rings. The number of nitrogens with zero attached hydrogens (tertiary/aromatic N) is 3. The van der Waals surface area contributed by atoms with Crippen LogP contribution in [0.25, 0.3) is 0 Å². The lowest BCUT2D eigenvalue weighted by Gasteiger charge is -2.13. The highest BCUT2D eigenvalue weighted by atomic mass is 32.2. The molecule has 1 N–H and O–H groups in total. The van der Waals surface area contributed by atoms with E-state index in [1.807, 2.05) is 0 Å². The van der Waals surface area contributed by atoms with Gasteiger partial charge in [0, 0.05) is 6.04 Å². The molecule has 0 spiro atoms. The van der Waals surface area contributed by atoms with Gasteiger partial charge in [-0.05, 0) is 32.6 Å². The van der Waals surface area contributed by atoms with E-state index in [1.54, 1.807) is 0 Å². The van der Waals surface area contributed by atoms with Crippen LogP contribution >= 0.6 is 11.8 Å². The molecule has 2 unspecified atom stereocenters. The number of thioether (sulfide) groups is 1. The van der Waals surface area contributed by atoms with Crippen LogP contribution in [0.4, 0.5) is 0 Å². The normalized spacial score (nSPS) is 26.8. The lowest BCUT2D eigenvalue weighted by Crippen LogP contribution is -2.10. The molecule has 1 aromatic rings. The molecular weight excluding hydrogens is 266 g/mol. The van der Waals surface area contributed by atoms with Crippen molar-refractivity contribution in [2.45, 2.75) is 56.0 Å². The number of ether oxygens (including phenoxy) is 1. The number of rotatable bonds is 5. The molecule has 1 aliphatic carbocycles. The average molecular weight is 283 g/mol. The van der Waals surface area contributed by atoms with Gasteiger partial charge in [-0.1, -0.05) is 11.8 Å². The number of hydrogen-bond donors (Lipinski definition) is 1. The van der Waals surface area contributed by atoms with Gasteiger partial charge in [-0.3, -0.25) is 4.79 Å². The Bertz CT molecular complexity index is 487. The van der Waals surface area contributed by atoms with Gasteiger partial charge in [0.2, 0.25) is 0 Å². The highest BCUT2D eigenvalue weighted by molar-refractivity contribution is 7.99. The van der Waals surface area contributed by atoms with Gasteiger partial charge in [0.1, 0.15) is 6.10 Å². The van der Waals surface area contributed by atoms with Crippen LogP contribution in [0.3, 0.4) is 0 Å². The number of carbonyl (C=O) groups is 1. The maximum atomic E-state index is 10.7. The summed E-state index contributed by atoms with van der Waals surface area (Å²) in [5, 5.41) is 17.9. The first-order valence-electron chi connectivity index (χ1n) is 6.60. The predicted molar refractivity (Wildman–Crippen MR) is 69.2 cm³/mol. The van der Waals surface area contributed by atoms with Gasteiger partial charge < -0.3 is 14.4 Å². The van der Waals surface area contributed by atoms with E-state index in [-0.39, 0.29) is 18.0 Å². The molecule has 0 aromatic carbocycles. The summed E-state index contributed by atoms with van der Waals surface area (Å²) in [5.74, 6) is 0.0645. The first-order valence-corrected chi connectivity index (χ1v) is 7.58. The second-order valence-electron chi connectivity index (χ2n) is 5.14. The van der Waals surface area contributed by atoms with Crippen molar-refractivity contribution < 1.29 is 14.6 Å². The van der Waals surface area contributed by atoms with Gasteiger partial charge >= 0.3 is 5.97 Å². The summed E-state index contributed by atoms with van der Waals surface area (Å²) < 4.78 is 7.95. The number of hydrogen-bond acceptors (Lipinski definition) is 5. The molecule has 1 aromatic heterocycles. The maximum Gasteiger partial charge on any atom is 0.313 e. The molecule has 19 heavy (non-hydrogen) atoms. The van der Waals surface area contributed by atoms with Gasteiger partial charge in [0.15, 0.2) is 11.0 Å². The smallest absolute Gasteiger partial charge is 0.313 e. The molecular formula is C12H17N3O3S. The Balaban J connectivity index is 1.81. The Hall–Kier alpha value is -1.08. The number of carboxylic acid groups (broad SMARTS) is 1. The number of carboxylic acids is 1. The van der Waals surface area contributed by atoms with Crippen molar-refractivity contribution in [3.8, 4) is 0 Å². The third-order valence-corrected chi connectivity index (χ3v) is 4.38. The summed E-state index contributed by atoms with van der Waals surface area (Å²) in [6.45, 7) is 2.07. The molecule has 3 rings (SSSR count). The Kier molecular flexibility index (Phi) is 3.49. The Morgan fingerprint density at radius 2 is 2.21 bits per heavy atom. The van der Waals surface area contributed by atoms with Gasteiger partial charge in [-0.15, -0.1) is 10.2 Å². The zero-order chi connectivity index (χ0) is 13.4. The van der Waals surface area contributed by atoms with Crippen LogP contribution in [0, 0.1) is 0 Å². The third kappa shape index (κ3) is 2.76. The topological polar surface area (TPSA) is 77.2 Å². The van der Waals surface area contributed by atoms with Gasteiger partial charge in [-0.25, -0.2) is 0 Å². The molecule has 2 atom stereocenters. The van der Waals surface area contributed by atoms with E-state index in [0.29, 0.717) is 11.2 Å². The monoisotopic (exact) mass is 283 g/mol. The van der Waals surface area contributed by atoms with Crippen molar-refractivity contribution in [2.75, 3.05) is 5.75 Å². The van der Waals surface area contributed by atoms with Gasteiger partial charge in [0.05, 0.1) is 11.9 Å². The summed E-state index contributed by atoms with van der Waals surface area (Å²) >= 11 is 1.24. The summed E-state index contributed by atoms with van der Waals surface area (Å²) in [6, 6.07) is 0.431. The number of aliphatic carboxylic acids is 1. The fraction of sp³-hybridized carbons (Fsp3) is 0.750. The summed E-state index contributed by atoms with van der Waals surface area (Å²) in [5.41, 5.74) is 0. The van der Waals surface area contributed by atoms with E-state index in [9.17, 15) is 4.79 Å². The standard InChI is InChI=1S/C12H17N3O3S/c1-7-2-5-9(18-7)11-13-14-12(19-6-10(16)17)15(11)8-3-4-8/h7-9H,2-6H2,1H3,(H,16,17). The molecule has 1 saturated heterocycles. The second-order valence-corrected chi connectivity index (χ2v) is 6.08. The minimum Gasteiger partial charge on any atom is -0.481 e. The van der Waals surface area contributed by atoms with E-state index in [4.69, 9.17) is 9.84 Å². The van der Waals surface area contributed by atoms with E-state index in [2.05, 4.69) is 21.7 Å². The van der Waals surface area contributed by atoms with Gasteiger partial charge in [-0.2, -0.15) is 0 Å². The zero-order valence-corrected chi connectivity index (χ0v) is 11.6. The zero-order valence-electron chi connectivity index (χ0n) is 10.8. The number of aromatic nitrogens is 3. The van der Waals surface area contributed by atoms with E-state index >= 15 is 0 Å². The van der Waals surface area contributed by atoms with Crippen LogP contribution in [-0.2, 0) is 9.53 Å². The SMILES string of the molecule is CC1CCC(c2nnc(SCC(=O)O)n2C2CC2)O1. The molecule has 0 bridgehead atoms. The first-order chi connectivity index (χ1) is 9.15. The average Bonchev–Trinajstić information content (AvgIpc) is 2.97. The summed E-state index contributed by atoms with van der Waals surface area (Å²) in [6.07, 6.45) is 4.53. The molecule has 1 saturated carbocycles. The lowest BCUT2D eigenvalue weighted by molar-refractivity contribution is -0.133. The highest BCUT2D eigenvalue weighted by Crippen LogP contribution is 2.42. The van der Waals surface area contributed by atoms with E-state index in [1.165, 1.54) is 11.8 Å². The van der Waals surface area contributed by atoms with Crippen LogP contribution in [0.1, 0.15) is 50.6 Å². The fourth-order valence-corrected chi connectivity index (χ4v) is 3.13. The summed E-state index contributed by atoms with van der Waals surface area (Å²) in [4.78, 5) is 10.7. The second kappa shape index (κ2) is 5.13. The Morgan fingerprint density at radius 1 is 1.42 bits per heavy atom. The van der Waals surface area contributed by atoms with Crippen molar-refractivity contribution in [1.82, 2.24) is 14.8 Å². The van der Waals surface area contributed by atoms with E-state index in [0.717, 1.165) is 31.5 Å². The lowest BCUT2D eigenvalue weighted by atomic mass is 10.2. The van der Waals surface area contributed by atoms with Crippen LogP contribution < -0.4 is 0 Å². The molecule has 0 amide bonds. The van der Waals surface area contributed by atoms with Crippen molar-refractivity contribution in [3.63, 3.8) is 0 Å². The van der Waals surface area contributed by atoms with Crippen molar-refractivity contribution in [2.24, 2.45) is 0 Å². The molecule has 6 nitrogen and oxygen atoms in total. The quantitative estimate of drug-likeness (QED) is 0.833. The van der Waals surface area contributed by atoms with Crippen LogP contribution in [0.15, 0.2) is 5.16 Å². The molecule has 2 fully saturated rings. The molecule has 1 aliphatic heterocycles.